The van der Waals surface area contributed by atoms with Gasteiger partial charge in [0.2, 0.25) is 5.91 Å². The molecular weight excluding hydrogens is 308 g/mol. The molecule has 0 bridgehead atoms. The molecule has 2 rings (SSSR count). The normalized spacial score (nSPS) is 24.6. The lowest BCUT2D eigenvalue weighted by Crippen LogP contribution is -2.68. The largest absolute Gasteiger partial charge is 0.461 e. The molecule has 22 heavy (non-hydrogen) atoms. The zero-order valence-electron chi connectivity index (χ0n) is 13.0. The molecule has 2 aliphatic heterocycles. The van der Waals surface area contributed by atoms with Crippen LogP contribution in [0, 0.1) is 0 Å². The van der Waals surface area contributed by atoms with E-state index in [2.05, 4.69) is 0 Å². The topological polar surface area (TPSA) is 98.9 Å². The Morgan fingerprint density at radius 1 is 1.41 bits per heavy atom. The van der Waals surface area contributed by atoms with E-state index in [1.807, 2.05) is 0 Å². The first-order valence-electron chi connectivity index (χ1n) is 6.91. The van der Waals surface area contributed by atoms with Crippen LogP contribution in [0.5, 0.6) is 0 Å². The average Bonchev–Trinajstić information content (AvgIpc) is 2.41. The minimum Gasteiger partial charge on any atom is -0.461 e. The lowest BCUT2D eigenvalue weighted by molar-refractivity contribution is -0.158. The van der Waals surface area contributed by atoms with Crippen molar-refractivity contribution in [3.8, 4) is 0 Å². The second-order valence-electron chi connectivity index (χ2n) is 6.17. The summed E-state index contributed by atoms with van der Waals surface area (Å²) in [6.45, 7) is 6.49. The van der Waals surface area contributed by atoms with Crippen molar-refractivity contribution >= 4 is 29.6 Å². The highest BCUT2D eigenvalue weighted by Crippen LogP contribution is 2.40. The molecule has 0 saturated carbocycles. The fourth-order valence-electron chi connectivity index (χ4n) is 2.19. The van der Waals surface area contributed by atoms with Gasteiger partial charge in [-0.3, -0.25) is 14.5 Å². The molecule has 2 heterocycles. The Labute approximate surface area is 133 Å². The molecule has 0 radical (unpaired) electrons. The van der Waals surface area contributed by atoms with Crippen molar-refractivity contribution in [1.82, 2.24) is 4.90 Å². The third-order valence-corrected chi connectivity index (χ3v) is 4.49. The molecule has 0 unspecified atom stereocenters. The van der Waals surface area contributed by atoms with Crippen LogP contribution in [-0.2, 0) is 23.9 Å². The zero-order chi connectivity index (χ0) is 16.7. The summed E-state index contributed by atoms with van der Waals surface area (Å²) in [4.78, 5) is 36.8. The first-order valence-corrected chi connectivity index (χ1v) is 7.95. The lowest BCUT2D eigenvalue weighted by atomic mass is 10.0. The Balaban J connectivity index is 2.30. The van der Waals surface area contributed by atoms with E-state index in [-0.39, 0.29) is 23.6 Å². The van der Waals surface area contributed by atoms with Crippen LogP contribution in [0.4, 0.5) is 0 Å². The van der Waals surface area contributed by atoms with Gasteiger partial charge >= 0.3 is 11.9 Å². The predicted molar refractivity (Wildman–Crippen MR) is 80.6 cm³/mol. The third-order valence-electron chi connectivity index (χ3n) is 3.13. The molecule has 0 aromatic heterocycles. The summed E-state index contributed by atoms with van der Waals surface area (Å²) < 4.78 is 10.3. The fraction of sp³-hybridized carbons (Fsp3) is 0.643. The molecule has 0 spiro atoms. The summed E-state index contributed by atoms with van der Waals surface area (Å²) in [5.74, 6) is -0.905. The van der Waals surface area contributed by atoms with Gasteiger partial charge in [0.1, 0.15) is 29.3 Å². The number of rotatable bonds is 3. The van der Waals surface area contributed by atoms with Gasteiger partial charge in [-0.05, 0) is 20.8 Å². The van der Waals surface area contributed by atoms with Gasteiger partial charge in [0, 0.05) is 18.2 Å². The second-order valence-corrected chi connectivity index (χ2v) is 7.27. The van der Waals surface area contributed by atoms with Crippen LogP contribution in [0.1, 0.15) is 27.7 Å². The Hall–Kier alpha value is -1.54. The van der Waals surface area contributed by atoms with Crippen LogP contribution in [0.25, 0.3) is 0 Å². The summed E-state index contributed by atoms with van der Waals surface area (Å²) in [6.07, 6.45) is 0. The van der Waals surface area contributed by atoms with Gasteiger partial charge in [0.15, 0.2) is 0 Å². The number of amides is 1. The number of ether oxygens (including phenoxy) is 2. The summed E-state index contributed by atoms with van der Waals surface area (Å²) in [5, 5.41) is -0.268. The fourth-order valence-corrected chi connectivity index (χ4v) is 3.47. The van der Waals surface area contributed by atoms with E-state index in [4.69, 9.17) is 15.2 Å². The maximum absolute atomic E-state index is 12.4. The SMILES string of the molecule is CC(=O)OCC1=C(C(=O)OC(C)(C)C)N2C(=O)[C@@H](N)[C@H]2SC1. The Morgan fingerprint density at radius 2 is 2.05 bits per heavy atom. The first kappa shape index (κ1) is 16.8. The van der Waals surface area contributed by atoms with Crippen molar-refractivity contribution in [2.75, 3.05) is 12.4 Å². The molecule has 1 fully saturated rings. The highest BCUT2D eigenvalue weighted by Gasteiger charge is 2.52. The minimum absolute atomic E-state index is 0.0390. The van der Waals surface area contributed by atoms with E-state index in [0.29, 0.717) is 11.3 Å². The van der Waals surface area contributed by atoms with Crippen molar-refractivity contribution < 1.29 is 23.9 Å². The molecule has 122 valence electrons. The highest BCUT2D eigenvalue weighted by atomic mass is 32.2. The van der Waals surface area contributed by atoms with Crippen LogP contribution in [-0.4, -0.2) is 52.1 Å². The van der Waals surface area contributed by atoms with Crippen LogP contribution >= 0.6 is 11.8 Å². The third kappa shape index (κ3) is 3.27. The maximum Gasteiger partial charge on any atom is 0.355 e. The van der Waals surface area contributed by atoms with E-state index in [1.165, 1.54) is 23.6 Å². The highest BCUT2D eigenvalue weighted by molar-refractivity contribution is 8.00. The van der Waals surface area contributed by atoms with E-state index in [0.717, 1.165) is 0 Å². The molecule has 8 heteroatoms. The summed E-state index contributed by atoms with van der Waals surface area (Å²) >= 11 is 1.45. The van der Waals surface area contributed by atoms with Gasteiger partial charge in [-0.25, -0.2) is 4.79 Å². The van der Waals surface area contributed by atoms with Crippen LogP contribution in [0.2, 0.25) is 0 Å². The molecule has 2 N–H and O–H groups in total. The molecule has 2 aliphatic rings. The molecule has 0 aromatic carbocycles. The van der Waals surface area contributed by atoms with Crippen molar-refractivity contribution in [1.29, 1.82) is 0 Å². The lowest BCUT2D eigenvalue weighted by Gasteiger charge is -2.48. The molecule has 0 aliphatic carbocycles. The number of carbonyl (C=O) groups is 3. The van der Waals surface area contributed by atoms with Crippen LogP contribution in [0.15, 0.2) is 11.3 Å². The Bertz CT molecular complexity index is 552. The first-order chi connectivity index (χ1) is 10.1. The van der Waals surface area contributed by atoms with E-state index in [1.54, 1.807) is 20.8 Å². The van der Waals surface area contributed by atoms with Crippen molar-refractivity contribution in [3.63, 3.8) is 0 Å². The van der Waals surface area contributed by atoms with E-state index < -0.39 is 23.6 Å². The molecule has 2 atom stereocenters. The number of nitrogens with two attached hydrogens (primary N) is 1. The molecule has 0 aromatic rings. The van der Waals surface area contributed by atoms with Gasteiger partial charge < -0.3 is 15.2 Å². The van der Waals surface area contributed by atoms with Crippen molar-refractivity contribution in [2.45, 2.75) is 44.7 Å². The number of hydrogen-bond donors (Lipinski definition) is 1. The summed E-state index contributed by atoms with van der Waals surface area (Å²) in [7, 11) is 0. The molecule has 1 amide bonds. The second kappa shape index (κ2) is 5.92. The van der Waals surface area contributed by atoms with E-state index in [9.17, 15) is 14.4 Å². The monoisotopic (exact) mass is 328 g/mol. The molecule has 7 nitrogen and oxygen atoms in total. The number of esters is 2. The average molecular weight is 328 g/mol. The van der Waals surface area contributed by atoms with Gasteiger partial charge in [-0.1, -0.05) is 0 Å². The number of thioether (sulfide) groups is 1. The van der Waals surface area contributed by atoms with Crippen molar-refractivity contribution in [3.05, 3.63) is 11.3 Å². The molecular formula is C14H20N2O5S. The maximum atomic E-state index is 12.4. The Morgan fingerprint density at radius 3 is 2.59 bits per heavy atom. The quantitative estimate of drug-likeness (QED) is 0.591. The number of nitrogens with zero attached hydrogens (tertiary/aromatic N) is 1. The van der Waals surface area contributed by atoms with Crippen molar-refractivity contribution in [2.24, 2.45) is 5.73 Å². The Kier molecular flexibility index (Phi) is 4.53. The standard InChI is InChI=1S/C14H20N2O5S/c1-7(17)20-5-8-6-22-12-9(15)11(18)16(12)10(8)13(19)21-14(2,3)4/h9,12H,5-6,15H2,1-4H3/t9-,12-/m1/s1. The van der Waals surface area contributed by atoms with Crippen LogP contribution < -0.4 is 5.73 Å². The smallest absolute Gasteiger partial charge is 0.355 e. The van der Waals surface area contributed by atoms with E-state index >= 15 is 0 Å². The summed E-state index contributed by atoms with van der Waals surface area (Å²) in [6, 6.07) is -0.613. The number of β-lactam (4-membered cyclic amide) rings is 1. The number of hydrogen-bond acceptors (Lipinski definition) is 7. The number of carbonyl (C=O) groups excluding carboxylic acids is 3. The van der Waals surface area contributed by atoms with Gasteiger partial charge in [0.25, 0.3) is 0 Å². The molecule has 1 saturated heterocycles. The van der Waals surface area contributed by atoms with Gasteiger partial charge in [-0.2, -0.15) is 0 Å². The number of fused-ring (bicyclic) bond motifs is 1. The minimum atomic E-state index is -0.688. The zero-order valence-corrected chi connectivity index (χ0v) is 13.9. The summed E-state index contributed by atoms with van der Waals surface area (Å²) in [5.41, 5.74) is 5.79. The van der Waals surface area contributed by atoms with Crippen LogP contribution in [0.3, 0.4) is 0 Å². The predicted octanol–water partition coefficient (Wildman–Crippen LogP) is 0.388. The van der Waals surface area contributed by atoms with Gasteiger partial charge in [0.05, 0.1) is 0 Å². The van der Waals surface area contributed by atoms with Gasteiger partial charge in [-0.15, -0.1) is 11.8 Å².